The van der Waals surface area contributed by atoms with E-state index in [1.54, 1.807) is 0 Å². The van der Waals surface area contributed by atoms with Gasteiger partial charge in [-0.3, -0.25) is 9.59 Å². The van der Waals surface area contributed by atoms with Crippen LogP contribution in [0.15, 0.2) is 84.9 Å². The smallest absolute Gasteiger partial charge is 0.193 e. The van der Waals surface area contributed by atoms with Crippen LogP contribution in [0.1, 0.15) is 57.9 Å². The summed E-state index contributed by atoms with van der Waals surface area (Å²) >= 11 is 0. The zero-order valence-electron chi connectivity index (χ0n) is 17.9. The molecule has 0 amide bonds. The van der Waals surface area contributed by atoms with Gasteiger partial charge in [-0.2, -0.15) is 0 Å². The standard InChI is InChI=1S/C29H26O2/c1-20(2)8-15-28(30)16-21-9-11-22(12-10-21)26-17-24-13-14-25(18-27(24)19-26)29(31)23-6-4-3-5-7-23/h3-7,9-14,18-19H,1,8,15-17H2,2H3. The van der Waals surface area contributed by atoms with E-state index in [-0.39, 0.29) is 11.6 Å². The van der Waals surface area contributed by atoms with Crippen LogP contribution < -0.4 is 0 Å². The highest BCUT2D eigenvalue weighted by Crippen LogP contribution is 2.32. The number of carbonyl (C=O) groups excluding carboxylic acids is 2. The summed E-state index contributed by atoms with van der Waals surface area (Å²) in [6.45, 7) is 5.81. The third kappa shape index (κ3) is 4.97. The van der Waals surface area contributed by atoms with Crippen molar-refractivity contribution in [1.29, 1.82) is 0 Å². The van der Waals surface area contributed by atoms with E-state index in [1.807, 2.05) is 61.5 Å². The summed E-state index contributed by atoms with van der Waals surface area (Å²) in [6, 6.07) is 23.6. The summed E-state index contributed by atoms with van der Waals surface area (Å²) < 4.78 is 0. The molecular formula is C29H26O2. The third-order valence-corrected chi connectivity index (χ3v) is 5.71. The van der Waals surface area contributed by atoms with E-state index in [9.17, 15) is 9.59 Å². The van der Waals surface area contributed by atoms with Crippen LogP contribution in [0.2, 0.25) is 0 Å². The number of Topliss-reactive ketones (excluding diaryl/α,β-unsaturated/α-hetero) is 1. The number of ketones is 2. The number of rotatable bonds is 8. The van der Waals surface area contributed by atoms with E-state index in [1.165, 1.54) is 11.1 Å². The van der Waals surface area contributed by atoms with Gasteiger partial charge in [0.1, 0.15) is 5.78 Å². The maximum absolute atomic E-state index is 12.8. The Hall–Kier alpha value is -3.52. The zero-order chi connectivity index (χ0) is 21.8. The lowest BCUT2D eigenvalue weighted by Crippen LogP contribution is -2.02. The summed E-state index contributed by atoms with van der Waals surface area (Å²) in [5.74, 6) is 0.296. The fourth-order valence-electron chi connectivity index (χ4n) is 3.92. The second-order valence-electron chi connectivity index (χ2n) is 8.32. The average molecular weight is 407 g/mol. The van der Waals surface area contributed by atoms with Gasteiger partial charge in [0.05, 0.1) is 0 Å². The van der Waals surface area contributed by atoms with Crippen LogP contribution in [0.5, 0.6) is 0 Å². The summed E-state index contributed by atoms with van der Waals surface area (Å²) in [7, 11) is 0. The second-order valence-corrected chi connectivity index (χ2v) is 8.32. The Balaban J connectivity index is 1.47. The molecular weight excluding hydrogens is 380 g/mol. The molecule has 0 spiro atoms. The van der Waals surface area contributed by atoms with Crippen molar-refractivity contribution in [1.82, 2.24) is 0 Å². The molecule has 2 heteroatoms. The van der Waals surface area contributed by atoms with E-state index < -0.39 is 0 Å². The van der Waals surface area contributed by atoms with Gasteiger partial charge in [-0.25, -0.2) is 0 Å². The molecule has 0 saturated carbocycles. The lowest BCUT2D eigenvalue weighted by molar-refractivity contribution is -0.118. The molecule has 3 aromatic rings. The number of benzene rings is 3. The van der Waals surface area contributed by atoms with Crippen molar-refractivity contribution >= 4 is 23.2 Å². The molecule has 0 N–H and O–H groups in total. The first-order valence-corrected chi connectivity index (χ1v) is 10.7. The van der Waals surface area contributed by atoms with Crippen molar-refractivity contribution in [3.8, 4) is 0 Å². The molecule has 0 aromatic heterocycles. The first-order chi connectivity index (χ1) is 15.0. The Labute approximate surface area is 183 Å². The molecule has 0 aliphatic heterocycles. The van der Waals surface area contributed by atoms with Crippen molar-refractivity contribution in [2.24, 2.45) is 0 Å². The highest BCUT2D eigenvalue weighted by Gasteiger charge is 2.17. The third-order valence-electron chi connectivity index (χ3n) is 5.71. The van der Waals surface area contributed by atoms with Gasteiger partial charge in [-0.1, -0.05) is 78.4 Å². The molecule has 31 heavy (non-hydrogen) atoms. The molecule has 4 rings (SSSR count). The molecule has 2 nitrogen and oxygen atoms in total. The van der Waals surface area contributed by atoms with Gasteiger partial charge in [-0.05, 0) is 53.7 Å². The Morgan fingerprint density at radius 2 is 1.61 bits per heavy atom. The molecule has 0 heterocycles. The van der Waals surface area contributed by atoms with E-state index in [0.717, 1.165) is 35.1 Å². The molecule has 1 aliphatic carbocycles. The highest BCUT2D eigenvalue weighted by atomic mass is 16.1. The van der Waals surface area contributed by atoms with Crippen LogP contribution in [0.4, 0.5) is 0 Å². The van der Waals surface area contributed by atoms with Crippen LogP contribution >= 0.6 is 0 Å². The maximum Gasteiger partial charge on any atom is 0.193 e. The normalized spacial score (nSPS) is 12.2. The van der Waals surface area contributed by atoms with Crippen molar-refractivity contribution in [3.05, 3.63) is 118 Å². The van der Waals surface area contributed by atoms with Gasteiger partial charge in [0, 0.05) is 24.0 Å². The average Bonchev–Trinajstić information content (AvgIpc) is 3.21. The minimum Gasteiger partial charge on any atom is -0.299 e. The highest BCUT2D eigenvalue weighted by molar-refractivity contribution is 6.09. The lowest BCUT2D eigenvalue weighted by atomic mass is 9.98. The summed E-state index contributed by atoms with van der Waals surface area (Å²) in [6.07, 6.45) is 4.81. The first-order valence-electron chi connectivity index (χ1n) is 10.7. The Kier molecular flexibility index (Phi) is 6.08. The number of hydrogen-bond donors (Lipinski definition) is 0. The molecule has 154 valence electrons. The Morgan fingerprint density at radius 3 is 2.32 bits per heavy atom. The predicted octanol–water partition coefficient (Wildman–Crippen LogP) is 6.48. The fourth-order valence-corrected chi connectivity index (χ4v) is 3.92. The van der Waals surface area contributed by atoms with Crippen molar-refractivity contribution < 1.29 is 9.59 Å². The molecule has 0 bridgehead atoms. The fraction of sp³-hybridized carbons (Fsp3) is 0.172. The molecule has 0 fully saturated rings. The lowest BCUT2D eigenvalue weighted by Gasteiger charge is -2.06. The van der Waals surface area contributed by atoms with Gasteiger partial charge < -0.3 is 0 Å². The molecule has 1 aliphatic rings. The van der Waals surface area contributed by atoms with E-state index in [0.29, 0.717) is 24.0 Å². The van der Waals surface area contributed by atoms with Gasteiger partial charge in [0.25, 0.3) is 0 Å². The molecule has 0 saturated heterocycles. The van der Waals surface area contributed by atoms with Crippen LogP contribution in [0, 0.1) is 0 Å². The van der Waals surface area contributed by atoms with Crippen molar-refractivity contribution in [3.63, 3.8) is 0 Å². The Bertz CT molecular complexity index is 1170. The van der Waals surface area contributed by atoms with Gasteiger partial charge >= 0.3 is 0 Å². The monoisotopic (exact) mass is 406 g/mol. The van der Waals surface area contributed by atoms with E-state index >= 15 is 0 Å². The van der Waals surface area contributed by atoms with Crippen molar-refractivity contribution in [2.75, 3.05) is 0 Å². The molecule has 0 unspecified atom stereocenters. The number of fused-ring (bicyclic) bond motifs is 1. The maximum atomic E-state index is 12.8. The number of carbonyl (C=O) groups is 2. The first kappa shape index (κ1) is 20.7. The second kappa shape index (κ2) is 9.09. The van der Waals surface area contributed by atoms with Gasteiger partial charge in [0.2, 0.25) is 0 Å². The van der Waals surface area contributed by atoms with E-state index in [4.69, 9.17) is 0 Å². The summed E-state index contributed by atoms with van der Waals surface area (Å²) in [5, 5.41) is 0. The minimum absolute atomic E-state index is 0.0471. The molecule has 0 radical (unpaired) electrons. The van der Waals surface area contributed by atoms with Gasteiger partial charge in [-0.15, -0.1) is 6.58 Å². The van der Waals surface area contributed by atoms with Crippen molar-refractivity contribution in [2.45, 2.75) is 32.6 Å². The predicted molar refractivity (Wildman–Crippen MR) is 127 cm³/mol. The van der Waals surface area contributed by atoms with E-state index in [2.05, 4.69) is 30.9 Å². The Morgan fingerprint density at radius 1 is 0.871 bits per heavy atom. The number of allylic oxidation sites excluding steroid dienone is 2. The zero-order valence-corrected chi connectivity index (χ0v) is 17.9. The summed E-state index contributed by atoms with van der Waals surface area (Å²) in [4.78, 5) is 24.9. The molecule has 3 aromatic carbocycles. The topological polar surface area (TPSA) is 34.1 Å². The van der Waals surface area contributed by atoms with Crippen LogP contribution in [-0.4, -0.2) is 11.6 Å². The van der Waals surface area contributed by atoms with Crippen LogP contribution in [-0.2, 0) is 17.6 Å². The van der Waals surface area contributed by atoms with Gasteiger partial charge in [0.15, 0.2) is 5.78 Å². The minimum atomic E-state index is 0.0471. The quantitative estimate of drug-likeness (QED) is 0.317. The molecule has 0 atom stereocenters. The SMILES string of the molecule is C=C(C)CCC(=O)Cc1ccc(C2=Cc3cc(C(=O)c4ccccc4)ccc3C2)cc1. The number of hydrogen-bond acceptors (Lipinski definition) is 2. The summed E-state index contributed by atoms with van der Waals surface area (Å²) in [5.41, 5.74) is 8.25. The largest absolute Gasteiger partial charge is 0.299 e. The van der Waals surface area contributed by atoms with Crippen LogP contribution in [0.25, 0.3) is 11.6 Å². The van der Waals surface area contributed by atoms with Crippen LogP contribution in [0.3, 0.4) is 0 Å².